The van der Waals surface area contributed by atoms with Crippen molar-refractivity contribution in [1.82, 2.24) is 19.7 Å². The van der Waals surface area contributed by atoms with Crippen LogP contribution in [0.4, 0.5) is 5.82 Å². The molecule has 0 saturated heterocycles. The standard InChI is InChI=1S/C17H14N6O/c1-2-4-12-11(3-1)15-18-7-8-22(15)17-13(19-9-23(12)17)16-20-14(21-24-16)10-5-6-10/h1-4,9-10H,5-8H2. The van der Waals surface area contributed by atoms with Crippen LogP contribution >= 0.6 is 0 Å². The lowest BCUT2D eigenvalue weighted by atomic mass is 10.1. The predicted molar refractivity (Wildman–Crippen MR) is 87.6 cm³/mol. The highest BCUT2D eigenvalue weighted by molar-refractivity contribution is 6.15. The minimum absolute atomic E-state index is 0.463. The van der Waals surface area contributed by atoms with Crippen molar-refractivity contribution in [2.75, 3.05) is 18.0 Å². The van der Waals surface area contributed by atoms with Gasteiger partial charge in [0.1, 0.15) is 12.2 Å². The third-order valence-electron chi connectivity index (χ3n) is 4.83. The number of aliphatic imine (C=N–C) groups is 1. The van der Waals surface area contributed by atoms with Gasteiger partial charge in [-0.3, -0.25) is 9.56 Å². The fourth-order valence-corrected chi connectivity index (χ4v) is 3.52. The summed E-state index contributed by atoms with van der Waals surface area (Å²) in [5.74, 6) is 3.73. The average molecular weight is 318 g/mol. The highest BCUT2D eigenvalue weighted by atomic mass is 16.5. The number of nitrogens with zero attached hydrogens (tertiary/aromatic N) is 6. The van der Waals surface area contributed by atoms with Gasteiger partial charge in [0.15, 0.2) is 17.3 Å². The Bertz CT molecular complexity index is 996. The van der Waals surface area contributed by atoms with Gasteiger partial charge >= 0.3 is 0 Å². The molecule has 2 aliphatic heterocycles. The Morgan fingerprint density at radius 3 is 3.00 bits per heavy atom. The molecule has 0 bridgehead atoms. The number of anilines is 1. The lowest BCUT2D eigenvalue weighted by Crippen LogP contribution is -2.34. The van der Waals surface area contributed by atoms with E-state index in [1.807, 2.05) is 18.5 Å². The number of para-hydroxylation sites is 1. The van der Waals surface area contributed by atoms with Crippen molar-refractivity contribution in [2.45, 2.75) is 18.8 Å². The van der Waals surface area contributed by atoms with Crippen LogP contribution in [0.25, 0.3) is 17.3 Å². The molecule has 7 heteroatoms. The van der Waals surface area contributed by atoms with Gasteiger partial charge in [-0.05, 0) is 25.0 Å². The number of hydrogen-bond donors (Lipinski definition) is 0. The molecule has 1 fully saturated rings. The largest absolute Gasteiger partial charge is 0.332 e. The fraction of sp³-hybridized carbons (Fsp3) is 0.294. The Kier molecular flexibility index (Phi) is 2.24. The normalized spacial score (nSPS) is 18.2. The lowest BCUT2D eigenvalue weighted by molar-refractivity contribution is 0.421. The number of rotatable bonds is 2. The van der Waals surface area contributed by atoms with E-state index in [0.717, 1.165) is 60.4 Å². The topological polar surface area (TPSA) is 72.3 Å². The molecule has 7 nitrogen and oxygen atoms in total. The second-order valence-electron chi connectivity index (χ2n) is 6.39. The Morgan fingerprint density at radius 2 is 2.08 bits per heavy atom. The van der Waals surface area contributed by atoms with Crippen molar-refractivity contribution in [3.63, 3.8) is 0 Å². The van der Waals surface area contributed by atoms with Crippen molar-refractivity contribution in [1.29, 1.82) is 0 Å². The SMILES string of the molecule is c1ccc2c(c1)C1=NCCN1c1c(-c3nc(C4CC4)no3)ncn1-2. The van der Waals surface area contributed by atoms with E-state index in [9.17, 15) is 0 Å². The van der Waals surface area contributed by atoms with Crippen LogP contribution in [0.2, 0.25) is 0 Å². The van der Waals surface area contributed by atoms with Crippen LogP contribution in [0.1, 0.15) is 30.1 Å². The van der Waals surface area contributed by atoms with Crippen LogP contribution in [0.15, 0.2) is 40.1 Å². The molecule has 4 heterocycles. The molecule has 1 aromatic carbocycles. The van der Waals surface area contributed by atoms with Crippen LogP contribution in [0, 0.1) is 0 Å². The molecule has 118 valence electrons. The number of benzene rings is 1. The first-order chi connectivity index (χ1) is 11.9. The Hall–Kier alpha value is -2.96. The van der Waals surface area contributed by atoms with Crippen molar-refractivity contribution < 1.29 is 4.52 Å². The van der Waals surface area contributed by atoms with Crippen LogP contribution in [0.5, 0.6) is 0 Å². The van der Waals surface area contributed by atoms with Crippen molar-refractivity contribution in [2.24, 2.45) is 4.99 Å². The summed E-state index contributed by atoms with van der Waals surface area (Å²) in [5.41, 5.74) is 2.96. The summed E-state index contributed by atoms with van der Waals surface area (Å²) in [6.07, 6.45) is 4.13. The first kappa shape index (κ1) is 12.5. The predicted octanol–water partition coefficient (Wildman–Crippen LogP) is 2.38. The zero-order chi connectivity index (χ0) is 15.7. The molecule has 1 saturated carbocycles. The van der Waals surface area contributed by atoms with E-state index in [2.05, 4.69) is 36.7 Å². The van der Waals surface area contributed by atoms with E-state index in [4.69, 9.17) is 9.52 Å². The first-order valence-corrected chi connectivity index (χ1v) is 8.23. The van der Waals surface area contributed by atoms with Gasteiger partial charge in [-0.2, -0.15) is 4.98 Å². The van der Waals surface area contributed by atoms with Gasteiger partial charge < -0.3 is 9.42 Å². The van der Waals surface area contributed by atoms with E-state index in [1.54, 1.807) is 0 Å². The molecular formula is C17H14N6O. The van der Waals surface area contributed by atoms with E-state index in [0.29, 0.717) is 11.8 Å². The second kappa shape index (κ2) is 4.31. The molecule has 0 N–H and O–H groups in total. The first-order valence-electron chi connectivity index (χ1n) is 8.23. The van der Waals surface area contributed by atoms with E-state index < -0.39 is 0 Å². The van der Waals surface area contributed by atoms with Gasteiger partial charge in [-0.25, -0.2) is 4.98 Å². The molecule has 6 rings (SSSR count). The van der Waals surface area contributed by atoms with Gasteiger partial charge in [0.2, 0.25) is 0 Å². The van der Waals surface area contributed by atoms with Crippen LogP contribution in [-0.2, 0) is 0 Å². The highest BCUT2D eigenvalue weighted by Crippen LogP contribution is 2.41. The summed E-state index contributed by atoms with van der Waals surface area (Å²) in [7, 11) is 0. The van der Waals surface area contributed by atoms with E-state index >= 15 is 0 Å². The molecule has 2 aromatic heterocycles. The number of fused-ring (bicyclic) bond motifs is 6. The minimum atomic E-state index is 0.463. The highest BCUT2D eigenvalue weighted by Gasteiger charge is 2.36. The maximum atomic E-state index is 5.51. The van der Waals surface area contributed by atoms with E-state index in [1.165, 1.54) is 0 Å². The van der Waals surface area contributed by atoms with Crippen molar-refractivity contribution in [3.8, 4) is 17.3 Å². The molecule has 3 aliphatic rings. The zero-order valence-electron chi connectivity index (χ0n) is 12.9. The van der Waals surface area contributed by atoms with Gasteiger partial charge in [0.05, 0.1) is 12.2 Å². The third-order valence-corrected chi connectivity index (χ3v) is 4.83. The summed E-state index contributed by atoms with van der Waals surface area (Å²) in [6.45, 7) is 1.62. The molecule has 24 heavy (non-hydrogen) atoms. The Balaban J connectivity index is 1.57. The summed E-state index contributed by atoms with van der Waals surface area (Å²) in [5, 5.41) is 4.13. The molecule has 0 radical (unpaired) electrons. The Labute approximate surface area is 137 Å². The van der Waals surface area contributed by atoms with Crippen molar-refractivity contribution in [3.05, 3.63) is 42.0 Å². The molecule has 0 spiro atoms. The summed E-state index contributed by atoms with van der Waals surface area (Å²) in [6, 6.07) is 8.27. The number of hydrogen-bond acceptors (Lipinski definition) is 6. The Morgan fingerprint density at radius 1 is 1.17 bits per heavy atom. The van der Waals surface area contributed by atoms with Gasteiger partial charge in [-0.15, -0.1) is 0 Å². The molecule has 0 unspecified atom stereocenters. The summed E-state index contributed by atoms with van der Waals surface area (Å²) >= 11 is 0. The molecular weight excluding hydrogens is 304 g/mol. The van der Waals surface area contributed by atoms with Crippen LogP contribution in [0.3, 0.4) is 0 Å². The monoisotopic (exact) mass is 318 g/mol. The van der Waals surface area contributed by atoms with Crippen molar-refractivity contribution >= 4 is 11.7 Å². The number of aromatic nitrogens is 4. The van der Waals surface area contributed by atoms with Gasteiger partial charge in [0.25, 0.3) is 5.89 Å². The molecule has 3 aromatic rings. The summed E-state index contributed by atoms with van der Waals surface area (Å²) in [4.78, 5) is 16.1. The minimum Gasteiger partial charge on any atom is -0.332 e. The second-order valence-corrected chi connectivity index (χ2v) is 6.39. The van der Waals surface area contributed by atoms with Gasteiger partial charge in [0, 0.05) is 18.0 Å². The summed E-state index contributed by atoms with van der Waals surface area (Å²) < 4.78 is 7.60. The maximum absolute atomic E-state index is 5.51. The van der Waals surface area contributed by atoms with Gasteiger partial charge in [-0.1, -0.05) is 17.3 Å². The smallest absolute Gasteiger partial charge is 0.280 e. The lowest BCUT2D eigenvalue weighted by Gasteiger charge is -2.29. The number of amidine groups is 1. The van der Waals surface area contributed by atoms with Crippen LogP contribution < -0.4 is 4.90 Å². The fourth-order valence-electron chi connectivity index (χ4n) is 3.52. The third kappa shape index (κ3) is 1.56. The molecule has 0 atom stereocenters. The zero-order valence-corrected chi connectivity index (χ0v) is 12.9. The maximum Gasteiger partial charge on any atom is 0.280 e. The van der Waals surface area contributed by atoms with Crippen LogP contribution in [-0.4, -0.2) is 38.6 Å². The average Bonchev–Trinajstić information content (AvgIpc) is 3.05. The molecule has 0 amide bonds. The van der Waals surface area contributed by atoms with E-state index in [-0.39, 0.29) is 0 Å². The quantitative estimate of drug-likeness (QED) is 0.725. The number of imidazole rings is 1. The molecule has 1 aliphatic carbocycles.